The fourth-order valence-corrected chi connectivity index (χ4v) is 6.13. The molecule has 42 heavy (non-hydrogen) atoms. The van der Waals surface area contributed by atoms with Crippen LogP contribution < -0.4 is 9.88 Å². The zero-order valence-electron chi connectivity index (χ0n) is 22.4. The largest absolute Gasteiger partial charge is 0.870 e. The normalized spacial score (nSPS) is 13.4. The van der Waals surface area contributed by atoms with Crippen LogP contribution in [0.3, 0.4) is 0 Å². The maximum atomic E-state index is 15.3. The topological polar surface area (TPSA) is 150 Å². The van der Waals surface area contributed by atoms with Gasteiger partial charge in [-0.05, 0) is 53.8 Å². The van der Waals surface area contributed by atoms with Gasteiger partial charge in [0.2, 0.25) is 5.13 Å². The van der Waals surface area contributed by atoms with Crippen LogP contribution in [-0.2, 0) is 21.6 Å². The highest BCUT2D eigenvalue weighted by atomic mass is 32.2. The molecule has 0 radical (unpaired) electrons. The highest BCUT2D eigenvalue weighted by Gasteiger charge is 2.34. The molecule has 3 aromatic carbocycles. The lowest BCUT2D eigenvalue weighted by molar-refractivity contribution is 0.0691. The minimum absolute atomic E-state index is 0. The molecule has 12 heteroatoms. The van der Waals surface area contributed by atoms with Gasteiger partial charge in [0.05, 0.1) is 18.5 Å². The molecule has 0 amide bonds. The summed E-state index contributed by atoms with van der Waals surface area (Å²) < 4.78 is 34.1. The van der Waals surface area contributed by atoms with Crippen molar-refractivity contribution in [1.82, 2.24) is 14.8 Å². The van der Waals surface area contributed by atoms with Crippen molar-refractivity contribution in [3.63, 3.8) is 0 Å². The third-order valence-corrected chi connectivity index (χ3v) is 8.68. The van der Waals surface area contributed by atoms with Gasteiger partial charge in [-0.3, -0.25) is 0 Å². The molecular weight excluding hydrogens is 579 g/mol. The Balaban J connectivity index is 0.00000353. The number of aromatic nitrogens is 3. The maximum Gasteiger partial charge on any atom is 0.355 e. The predicted molar refractivity (Wildman–Crippen MR) is 159 cm³/mol. The van der Waals surface area contributed by atoms with E-state index >= 15 is 4.39 Å². The van der Waals surface area contributed by atoms with Crippen LogP contribution in [-0.4, -0.2) is 38.4 Å². The first kappa shape index (κ1) is 29.3. The van der Waals surface area contributed by atoms with Crippen molar-refractivity contribution >= 4 is 28.3 Å². The number of aromatic carboxylic acids is 1. The molecule has 0 aliphatic heterocycles. The Hall–Kier alpha value is -4.23. The first-order valence-electron chi connectivity index (χ1n) is 12.9. The average molecular weight is 607 g/mol. The molecule has 1 atom stereocenters. The second kappa shape index (κ2) is 11.9. The second-order valence-corrected chi connectivity index (χ2v) is 11.8. The number of carboxylic acid groups (broad SMARTS) is 1. The van der Waals surface area contributed by atoms with Crippen molar-refractivity contribution in [3.8, 4) is 33.3 Å². The molecule has 4 N–H and O–H groups in total. The Morgan fingerprint density at radius 3 is 2.48 bits per heavy atom. The number of ether oxygens (including phenoxy) is 1. The van der Waals surface area contributed by atoms with E-state index in [1.807, 2.05) is 48.5 Å². The number of carboxylic acids is 1. The van der Waals surface area contributed by atoms with Crippen molar-refractivity contribution < 1.29 is 28.7 Å². The van der Waals surface area contributed by atoms with Gasteiger partial charge in [-0.25, -0.2) is 18.9 Å². The molecular formula is C30H27FN4O5S2. The van der Waals surface area contributed by atoms with Gasteiger partial charge in [0.1, 0.15) is 11.6 Å². The molecule has 2 aromatic heterocycles. The van der Waals surface area contributed by atoms with E-state index in [9.17, 15) is 14.1 Å². The monoisotopic (exact) mass is 606 g/mol. The summed E-state index contributed by atoms with van der Waals surface area (Å²) in [6.07, 6.45) is 2.11. The fourth-order valence-electron chi connectivity index (χ4n) is 4.91. The number of halogens is 1. The number of carbonyl (C=O) groups is 1. The summed E-state index contributed by atoms with van der Waals surface area (Å²) >= 11 is 1.20. The zero-order valence-corrected chi connectivity index (χ0v) is 24.1. The van der Waals surface area contributed by atoms with Crippen molar-refractivity contribution in [2.24, 2.45) is 5.14 Å². The lowest BCUT2D eigenvalue weighted by Crippen LogP contribution is -2.05. The molecule has 5 aromatic rings. The predicted octanol–water partition coefficient (Wildman–Crippen LogP) is 5.73. The standard InChI is InChI=1S/C30H25FN4O4S2.H2O/c1-39-22-7-3-5-19(13-22)18-4-2-6-21(12-18)27-24(14-20-10-11-23(41(32)38)15-25(20)31)28(17-8-9-17)35(34-27)30-33-26(16-40-30)29(36)37;/h2-7,10-13,15-17H,8-9,14H2,1H3,(H2,32,38)(H,36,37);1H2. The van der Waals surface area contributed by atoms with Crippen molar-refractivity contribution in [1.29, 1.82) is 0 Å². The van der Waals surface area contributed by atoms with Crippen LogP contribution in [0.15, 0.2) is 77.0 Å². The SMILES string of the molecule is COc1cccc(-c2cccc(-c3nn(-c4nc(C(=O)O)cs4)c(C4CC4)c3Cc3ccc([SH+](N)=O)cc3F)c2)c1.[OH-]. The number of rotatable bonds is 9. The summed E-state index contributed by atoms with van der Waals surface area (Å²) in [5.74, 6) is -0.681. The van der Waals surface area contributed by atoms with E-state index in [0.29, 0.717) is 16.4 Å². The lowest BCUT2D eigenvalue weighted by atomic mass is 9.95. The quantitative estimate of drug-likeness (QED) is 0.161. The number of methoxy groups -OCH3 is 1. The van der Waals surface area contributed by atoms with Gasteiger partial charge in [-0.15, -0.1) is 16.5 Å². The molecule has 9 nitrogen and oxygen atoms in total. The highest BCUT2D eigenvalue weighted by Crippen LogP contribution is 2.46. The third kappa shape index (κ3) is 5.74. The van der Waals surface area contributed by atoms with Crippen molar-refractivity contribution in [2.45, 2.75) is 30.1 Å². The van der Waals surface area contributed by atoms with Crippen LogP contribution in [0.25, 0.3) is 27.5 Å². The van der Waals surface area contributed by atoms with E-state index < -0.39 is 22.8 Å². The van der Waals surface area contributed by atoms with Gasteiger partial charge >= 0.3 is 5.97 Å². The van der Waals surface area contributed by atoms with E-state index in [-0.39, 0.29) is 28.4 Å². The van der Waals surface area contributed by atoms with Gasteiger partial charge in [-0.1, -0.05) is 40.6 Å². The van der Waals surface area contributed by atoms with Crippen LogP contribution in [0.4, 0.5) is 4.39 Å². The summed E-state index contributed by atoms with van der Waals surface area (Å²) in [7, 11) is -0.537. The Kier molecular flexibility index (Phi) is 8.32. The van der Waals surface area contributed by atoms with Gasteiger partial charge in [-0.2, -0.15) is 5.10 Å². The molecule has 1 saturated carbocycles. The minimum atomic E-state index is -2.16. The maximum absolute atomic E-state index is 15.3. The van der Waals surface area contributed by atoms with Crippen molar-refractivity contribution in [2.75, 3.05) is 7.11 Å². The summed E-state index contributed by atoms with van der Waals surface area (Å²) in [6, 6.07) is 20.1. The fraction of sp³-hybridized carbons (Fsp3) is 0.167. The van der Waals surface area contributed by atoms with Gasteiger partial charge in [0.15, 0.2) is 21.6 Å². The highest BCUT2D eigenvalue weighted by molar-refractivity contribution is 7.82. The van der Waals surface area contributed by atoms with Crippen LogP contribution in [0, 0.1) is 5.82 Å². The first-order valence-corrected chi connectivity index (χ1v) is 15.1. The van der Waals surface area contributed by atoms with Gasteiger partial charge < -0.3 is 15.3 Å². The summed E-state index contributed by atoms with van der Waals surface area (Å²) in [6.45, 7) is 0. The van der Waals surface area contributed by atoms with Crippen LogP contribution in [0.5, 0.6) is 5.75 Å². The number of nitrogens with two attached hydrogens (primary N) is 1. The summed E-state index contributed by atoms with van der Waals surface area (Å²) in [5, 5.41) is 21.9. The molecule has 0 bridgehead atoms. The van der Waals surface area contributed by atoms with E-state index in [2.05, 4.69) is 4.98 Å². The van der Waals surface area contributed by atoms with Gasteiger partial charge in [0, 0.05) is 34.9 Å². The Morgan fingerprint density at radius 1 is 1.12 bits per heavy atom. The number of nitrogens with zero attached hydrogens (tertiary/aromatic N) is 3. The van der Waals surface area contributed by atoms with Crippen molar-refractivity contribution in [3.05, 3.63) is 100 Å². The Labute approximate surface area is 247 Å². The second-order valence-electron chi connectivity index (χ2n) is 9.81. The number of hydrogen-bond donors (Lipinski definition) is 2. The first-order chi connectivity index (χ1) is 19.8. The molecule has 2 heterocycles. The van der Waals surface area contributed by atoms with Gasteiger partial charge in [0.25, 0.3) is 0 Å². The average Bonchev–Trinajstić information content (AvgIpc) is 3.56. The number of hydrogen-bond acceptors (Lipinski definition) is 7. The number of benzene rings is 3. The number of thiol groups is 1. The van der Waals surface area contributed by atoms with E-state index in [0.717, 1.165) is 46.5 Å². The van der Waals surface area contributed by atoms with Crippen LogP contribution in [0.2, 0.25) is 0 Å². The van der Waals surface area contributed by atoms with E-state index in [1.165, 1.54) is 22.8 Å². The molecule has 6 rings (SSSR count). The minimum Gasteiger partial charge on any atom is -0.870 e. The smallest absolute Gasteiger partial charge is 0.355 e. The third-order valence-electron chi connectivity index (χ3n) is 7.08. The van der Waals surface area contributed by atoms with E-state index in [1.54, 1.807) is 23.9 Å². The molecule has 0 saturated heterocycles. The van der Waals surface area contributed by atoms with Crippen LogP contribution in [0.1, 0.15) is 46.1 Å². The van der Waals surface area contributed by atoms with Crippen LogP contribution >= 0.6 is 11.3 Å². The molecule has 1 fully saturated rings. The molecule has 1 unspecified atom stereocenters. The molecule has 1 aliphatic rings. The summed E-state index contributed by atoms with van der Waals surface area (Å²) in [5.41, 5.74) is 5.52. The lowest BCUT2D eigenvalue weighted by Gasteiger charge is -2.10. The molecule has 1 aliphatic carbocycles. The zero-order chi connectivity index (χ0) is 28.7. The number of thiazole rings is 1. The molecule has 0 spiro atoms. The summed E-state index contributed by atoms with van der Waals surface area (Å²) in [4.78, 5) is 16.1. The Bertz CT molecular complexity index is 1820. The molecule has 216 valence electrons. The Morgan fingerprint density at radius 2 is 1.83 bits per heavy atom. The van der Waals surface area contributed by atoms with E-state index in [4.69, 9.17) is 15.0 Å².